The van der Waals surface area contributed by atoms with Gasteiger partial charge in [0.25, 0.3) is 0 Å². The van der Waals surface area contributed by atoms with Crippen molar-refractivity contribution in [2.24, 2.45) is 0 Å². The number of alkyl carbamates (subject to hydrolysis) is 1. The van der Waals surface area contributed by atoms with Crippen molar-refractivity contribution in [1.29, 1.82) is 0 Å². The number of hydrogen-bond donors (Lipinski definition) is 1. The summed E-state index contributed by atoms with van der Waals surface area (Å²) in [5.41, 5.74) is 1.62. The first-order chi connectivity index (χ1) is 15.3. The van der Waals surface area contributed by atoms with Gasteiger partial charge in [0, 0.05) is 24.7 Å². The van der Waals surface area contributed by atoms with Gasteiger partial charge in [-0.2, -0.15) is 0 Å². The molecule has 0 spiro atoms. The van der Waals surface area contributed by atoms with E-state index < -0.39 is 5.60 Å². The van der Waals surface area contributed by atoms with Crippen LogP contribution in [0.1, 0.15) is 79.7 Å². The Labute approximate surface area is 199 Å². The average molecular weight is 456 g/mol. The zero-order valence-corrected chi connectivity index (χ0v) is 21.5. The summed E-state index contributed by atoms with van der Waals surface area (Å²) in [6.45, 7) is 16.1. The SMILES string of the molecule is CC(C)(C)OC(=O)NC1CCN(C2(Cc3ccc(B4OC(C)(C)C(C)(C)O4)cc3)CC2)CC1. The van der Waals surface area contributed by atoms with Crippen molar-refractivity contribution in [3.8, 4) is 0 Å². The van der Waals surface area contributed by atoms with Gasteiger partial charge in [0.1, 0.15) is 5.60 Å². The quantitative estimate of drug-likeness (QED) is 0.678. The zero-order valence-electron chi connectivity index (χ0n) is 21.5. The molecule has 4 rings (SSSR count). The van der Waals surface area contributed by atoms with E-state index in [-0.39, 0.29) is 36.0 Å². The molecule has 0 atom stereocenters. The smallest absolute Gasteiger partial charge is 0.444 e. The lowest BCUT2D eigenvalue weighted by atomic mass is 9.78. The third kappa shape index (κ3) is 5.58. The molecule has 33 heavy (non-hydrogen) atoms. The number of likely N-dealkylation sites (tertiary alicyclic amines) is 1. The van der Waals surface area contributed by atoms with Crippen molar-refractivity contribution in [3.05, 3.63) is 29.8 Å². The Kier molecular flexibility index (Phi) is 6.39. The van der Waals surface area contributed by atoms with Crippen LogP contribution in [0.25, 0.3) is 0 Å². The lowest BCUT2D eigenvalue weighted by Gasteiger charge is -2.38. The van der Waals surface area contributed by atoms with E-state index in [2.05, 4.69) is 62.2 Å². The van der Waals surface area contributed by atoms with Crippen molar-refractivity contribution in [1.82, 2.24) is 10.2 Å². The fourth-order valence-corrected chi connectivity index (χ4v) is 4.87. The van der Waals surface area contributed by atoms with Gasteiger partial charge < -0.3 is 19.4 Å². The van der Waals surface area contributed by atoms with Crippen molar-refractivity contribution in [2.45, 2.75) is 109 Å². The second-order valence-electron chi connectivity index (χ2n) is 12.1. The number of piperidine rings is 1. The van der Waals surface area contributed by atoms with Crippen LogP contribution in [0.15, 0.2) is 24.3 Å². The van der Waals surface area contributed by atoms with Crippen molar-refractivity contribution < 1.29 is 18.8 Å². The van der Waals surface area contributed by atoms with Crippen LogP contribution in [0.2, 0.25) is 0 Å². The highest BCUT2D eigenvalue weighted by molar-refractivity contribution is 6.62. The molecule has 1 amide bonds. The van der Waals surface area contributed by atoms with Gasteiger partial charge in [-0.05, 0) is 91.6 Å². The average Bonchev–Trinajstić information content (AvgIpc) is 3.42. The van der Waals surface area contributed by atoms with E-state index in [1.165, 1.54) is 18.4 Å². The first-order valence-electron chi connectivity index (χ1n) is 12.5. The van der Waals surface area contributed by atoms with E-state index >= 15 is 0 Å². The van der Waals surface area contributed by atoms with Crippen LogP contribution >= 0.6 is 0 Å². The summed E-state index contributed by atoms with van der Waals surface area (Å²) in [6, 6.07) is 8.98. The van der Waals surface area contributed by atoms with E-state index in [9.17, 15) is 4.79 Å². The summed E-state index contributed by atoms with van der Waals surface area (Å²) in [4.78, 5) is 14.7. The maximum Gasteiger partial charge on any atom is 0.494 e. The molecule has 2 aliphatic heterocycles. The number of nitrogens with zero attached hydrogens (tertiary/aromatic N) is 1. The Morgan fingerprint density at radius 3 is 2.09 bits per heavy atom. The van der Waals surface area contributed by atoms with Gasteiger partial charge in [0.05, 0.1) is 11.2 Å². The molecule has 0 aromatic heterocycles. The highest BCUT2D eigenvalue weighted by Gasteiger charge is 2.52. The molecule has 7 heteroatoms. The molecule has 0 bridgehead atoms. The fourth-order valence-electron chi connectivity index (χ4n) is 4.87. The molecular formula is C26H41BN2O4. The van der Waals surface area contributed by atoms with E-state index in [1.807, 2.05) is 20.8 Å². The van der Waals surface area contributed by atoms with E-state index in [0.717, 1.165) is 37.8 Å². The van der Waals surface area contributed by atoms with Crippen LogP contribution in [0.5, 0.6) is 0 Å². The van der Waals surface area contributed by atoms with E-state index in [4.69, 9.17) is 14.0 Å². The zero-order chi connectivity index (χ0) is 24.1. The van der Waals surface area contributed by atoms with E-state index in [0.29, 0.717) is 0 Å². The van der Waals surface area contributed by atoms with Crippen molar-refractivity contribution in [3.63, 3.8) is 0 Å². The van der Waals surface area contributed by atoms with Crippen molar-refractivity contribution in [2.75, 3.05) is 13.1 Å². The Balaban J connectivity index is 1.29. The van der Waals surface area contributed by atoms with Crippen LogP contribution in [0.4, 0.5) is 4.79 Å². The van der Waals surface area contributed by atoms with Gasteiger partial charge in [-0.25, -0.2) is 4.79 Å². The molecular weight excluding hydrogens is 415 g/mol. The molecule has 6 nitrogen and oxygen atoms in total. The van der Waals surface area contributed by atoms with Crippen LogP contribution in [0, 0.1) is 0 Å². The number of carbonyl (C=O) groups excluding carboxylic acids is 1. The summed E-state index contributed by atoms with van der Waals surface area (Å²) in [6.07, 6.45) is 5.21. The maximum absolute atomic E-state index is 12.1. The third-order valence-corrected chi connectivity index (χ3v) is 7.75. The van der Waals surface area contributed by atoms with Gasteiger partial charge in [0.15, 0.2) is 0 Å². The predicted octanol–water partition coefficient (Wildman–Crippen LogP) is 4.05. The molecule has 2 heterocycles. The molecule has 3 aliphatic rings. The number of benzene rings is 1. The largest absolute Gasteiger partial charge is 0.494 e. The van der Waals surface area contributed by atoms with Crippen LogP contribution in [-0.4, -0.2) is 59.6 Å². The minimum atomic E-state index is -0.458. The Morgan fingerprint density at radius 1 is 1.06 bits per heavy atom. The number of amides is 1. The lowest BCUT2D eigenvalue weighted by Crippen LogP contribution is -2.50. The number of carbonyl (C=O) groups is 1. The molecule has 1 N–H and O–H groups in total. The molecule has 0 radical (unpaired) electrons. The number of ether oxygens (including phenoxy) is 1. The maximum atomic E-state index is 12.1. The Hall–Kier alpha value is -1.57. The molecule has 3 fully saturated rings. The second kappa shape index (κ2) is 8.58. The topological polar surface area (TPSA) is 60.0 Å². The first-order valence-corrected chi connectivity index (χ1v) is 12.5. The van der Waals surface area contributed by atoms with Gasteiger partial charge in [0.2, 0.25) is 0 Å². The van der Waals surface area contributed by atoms with Crippen LogP contribution in [0.3, 0.4) is 0 Å². The van der Waals surface area contributed by atoms with E-state index in [1.54, 1.807) is 0 Å². The van der Waals surface area contributed by atoms with Gasteiger partial charge in [-0.3, -0.25) is 4.90 Å². The standard InChI is InChI=1S/C26H41BN2O4/c1-23(2,3)31-22(30)28-21-12-16-29(17-13-21)26(14-15-26)18-19-8-10-20(11-9-19)27-32-24(4,5)25(6,7)33-27/h8-11,21H,12-18H2,1-7H3,(H,28,30). The first kappa shape index (κ1) is 24.6. The molecule has 1 saturated carbocycles. The summed E-state index contributed by atoms with van der Waals surface area (Å²) >= 11 is 0. The lowest BCUT2D eigenvalue weighted by molar-refractivity contribution is 0.00578. The number of nitrogens with one attached hydrogen (secondary N) is 1. The Morgan fingerprint density at radius 2 is 1.61 bits per heavy atom. The molecule has 182 valence electrons. The molecule has 1 aliphatic carbocycles. The molecule has 2 saturated heterocycles. The van der Waals surface area contributed by atoms with Gasteiger partial charge in [-0.15, -0.1) is 0 Å². The highest BCUT2D eigenvalue weighted by Crippen LogP contribution is 2.45. The monoisotopic (exact) mass is 456 g/mol. The van der Waals surface area contributed by atoms with Crippen LogP contribution < -0.4 is 10.8 Å². The van der Waals surface area contributed by atoms with Crippen molar-refractivity contribution >= 4 is 18.7 Å². The summed E-state index contributed by atoms with van der Waals surface area (Å²) in [5, 5.41) is 3.05. The number of rotatable bonds is 5. The second-order valence-corrected chi connectivity index (χ2v) is 12.1. The highest BCUT2D eigenvalue weighted by atomic mass is 16.7. The van der Waals surface area contributed by atoms with Crippen LogP contribution in [-0.2, 0) is 20.5 Å². The minimum Gasteiger partial charge on any atom is -0.444 e. The Bertz CT molecular complexity index is 834. The van der Waals surface area contributed by atoms with Gasteiger partial charge >= 0.3 is 13.2 Å². The summed E-state index contributed by atoms with van der Waals surface area (Å²) in [7, 11) is -0.310. The third-order valence-electron chi connectivity index (χ3n) is 7.75. The molecule has 1 aromatic rings. The molecule has 1 aromatic carbocycles. The summed E-state index contributed by atoms with van der Waals surface area (Å²) < 4.78 is 17.8. The van der Waals surface area contributed by atoms with Gasteiger partial charge in [-0.1, -0.05) is 24.3 Å². The molecule has 0 unspecified atom stereocenters. The number of hydrogen-bond acceptors (Lipinski definition) is 5. The fraction of sp³-hybridized carbons (Fsp3) is 0.731. The predicted molar refractivity (Wildman–Crippen MR) is 132 cm³/mol. The minimum absolute atomic E-state index is 0.200. The normalized spacial score (nSPS) is 24.5. The summed E-state index contributed by atoms with van der Waals surface area (Å²) in [5.74, 6) is 0.